The zero-order valence-corrected chi connectivity index (χ0v) is 17.0. The molecule has 0 unspecified atom stereocenters. The Morgan fingerprint density at radius 3 is 2.81 bits per heavy atom. The van der Waals surface area contributed by atoms with Gasteiger partial charge in [0.25, 0.3) is 5.19 Å². The fourth-order valence-electron chi connectivity index (χ4n) is 3.75. The molecule has 2 aromatic carbocycles. The van der Waals surface area contributed by atoms with Gasteiger partial charge in [0.2, 0.25) is 5.91 Å². The smallest absolute Gasteiger partial charge is 0.420 e. The number of oxazole rings is 1. The Hall–Kier alpha value is -3.27. The first kappa shape index (κ1) is 19.7. The number of hydrogen-bond acceptors (Lipinski definition) is 6. The maximum atomic E-state index is 13.8. The molecule has 10 heteroatoms. The number of hydrogen-bond donors (Lipinski definition) is 0. The second-order valence-corrected chi connectivity index (χ2v) is 8.33. The van der Waals surface area contributed by atoms with Gasteiger partial charge in [-0.1, -0.05) is 23.5 Å². The fourth-order valence-corrected chi connectivity index (χ4v) is 4.67. The lowest BCUT2D eigenvalue weighted by Crippen LogP contribution is -2.43. The van der Waals surface area contributed by atoms with E-state index in [1.165, 1.54) is 10.6 Å². The molecule has 0 aliphatic carbocycles. The summed E-state index contributed by atoms with van der Waals surface area (Å²) in [6.45, 7) is 0.827. The predicted octanol–water partition coefficient (Wildman–Crippen LogP) is 3.55. The molecule has 1 saturated heterocycles. The molecule has 1 fully saturated rings. The van der Waals surface area contributed by atoms with Crippen molar-refractivity contribution >= 4 is 38.6 Å². The van der Waals surface area contributed by atoms with Gasteiger partial charge in [0.15, 0.2) is 11.4 Å². The normalized spacial score (nSPS) is 15.1. The van der Waals surface area contributed by atoms with Crippen LogP contribution >= 0.6 is 11.3 Å². The minimum atomic E-state index is -0.719. The van der Waals surface area contributed by atoms with Crippen LogP contribution in [-0.4, -0.2) is 39.6 Å². The molecule has 0 N–H and O–H groups in total. The first-order valence-corrected chi connectivity index (χ1v) is 10.6. The first-order valence-electron chi connectivity index (χ1n) is 9.76. The van der Waals surface area contributed by atoms with Gasteiger partial charge < -0.3 is 14.1 Å². The number of ether oxygens (including phenoxy) is 1. The van der Waals surface area contributed by atoms with Crippen molar-refractivity contribution in [3.05, 3.63) is 58.6 Å². The summed E-state index contributed by atoms with van der Waals surface area (Å²) in [4.78, 5) is 30.6. The third-order valence-electron chi connectivity index (χ3n) is 5.32. The van der Waals surface area contributed by atoms with E-state index in [2.05, 4.69) is 4.98 Å². The molecule has 1 aliphatic rings. The molecule has 4 aromatic rings. The number of carbonyl (C=O) groups is 1. The van der Waals surface area contributed by atoms with Crippen LogP contribution in [0.3, 0.4) is 0 Å². The van der Waals surface area contributed by atoms with Gasteiger partial charge in [-0.25, -0.2) is 13.6 Å². The van der Waals surface area contributed by atoms with E-state index in [1.807, 2.05) is 0 Å². The molecule has 5 rings (SSSR count). The van der Waals surface area contributed by atoms with Crippen LogP contribution in [0.15, 0.2) is 45.6 Å². The molecule has 0 bridgehead atoms. The Balaban J connectivity index is 1.22. The summed E-state index contributed by atoms with van der Waals surface area (Å²) in [6, 6.07) is 8.99. The van der Waals surface area contributed by atoms with Crippen LogP contribution in [0, 0.1) is 11.6 Å². The first-order chi connectivity index (χ1) is 15.0. The lowest BCUT2D eigenvalue weighted by atomic mass is 10.1. The highest BCUT2D eigenvalue weighted by atomic mass is 32.1. The van der Waals surface area contributed by atoms with Crippen LogP contribution in [0.5, 0.6) is 5.19 Å². The van der Waals surface area contributed by atoms with E-state index < -0.39 is 17.4 Å². The molecule has 1 aliphatic heterocycles. The quantitative estimate of drug-likeness (QED) is 0.480. The van der Waals surface area contributed by atoms with E-state index in [1.54, 1.807) is 29.2 Å². The van der Waals surface area contributed by atoms with Crippen molar-refractivity contribution in [3.63, 3.8) is 0 Å². The summed E-state index contributed by atoms with van der Waals surface area (Å²) in [6.07, 6.45) is 0.953. The number of likely N-dealkylation sites (tertiary alicyclic amines) is 1. The third kappa shape index (κ3) is 3.78. The number of aromatic nitrogens is 2. The zero-order valence-electron chi connectivity index (χ0n) is 16.2. The number of amides is 1. The van der Waals surface area contributed by atoms with Crippen LogP contribution in [0.1, 0.15) is 12.8 Å². The second-order valence-electron chi connectivity index (χ2n) is 7.33. The number of thiazole rings is 1. The van der Waals surface area contributed by atoms with Crippen molar-refractivity contribution in [2.24, 2.45) is 0 Å². The highest BCUT2D eigenvalue weighted by Crippen LogP contribution is 2.32. The molecular weight excluding hydrogens is 428 g/mol. The zero-order chi connectivity index (χ0) is 21.5. The summed E-state index contributed by atoms with van der Waals surface area (Å²) in [7, 11) is 0. The van der Waals surface area contributed by atoms with Crippen LogP contribution in [-0.2, 0) is 11.3 Å². The lowest BCUT2D eigenvalue weighted by molar-refractivity contribution is -0.133. The largest absolute Gasteiger partial charge is 0.467 e. The molecule has 31 heavy (non-hydrogen) atoms. The molecule has 0 saturated carbocycles. The molecule has 3 heterocycles. The second kappa shape index (κ2) is 7.77. The number of benzene rings is 2. The minimum absolute atomic E-state index is 0.0896. The summed E-state index contributed by atoms with van der Waals surface area (Å²) in [5, 5.41) is 0.278. The van der Waals surface area contributed by atoms with E-state index in [-0.39, 0.29) is 29.3 Å². The number of para-hydroxylation sites is 2. The number of carbonyl (C=O) groups excluding carboxylic acids is 1. The van der Waals surface area contributed by atoms with E-state index in [0.29, 0.717) is 41.7 Å². The molecule has 0 radical (unpaired) electrons. The van der Waals surface area contributed by atoms with Crippen molar-refractivity contribution in [1.29, 1.82) is 0 Å². The molecule has 0 atom stereocenters. The average molecular weight is 445 g/mol. The van der Waals surface area contributed by atoms with Gasteiger partial charge in [0.05, 0.1) is 10.2 Å². The molecule has 1 amide bonds. The minimum Gasteiger partial charge on any atom is -0.467 e. The van der Waals surface area contributed by atoms with Crippen molar-refractivity contribution in [1.82, 2.24) is 14.5 Å². The Morgan fingerprint density at radius 1 is 1.23 bits per heavy atom. The number of rotatable bonds is 4. The highest BCUT2D eigenvalue weighted by Gasteiger charge is 2.26. The lowest BCUT2D eigenvalue weighted by Gasteiger charge is -2.31. The van der Waals surface area contributed by atoms with E-state index >= 15 is 0 Å². The van der Waals surface area contributed by atoms with Gasteiger partial charge in [-0.3, -0.25) is 9.36 Å². The summed E-state index contributed by atoms with van der Waals surface area (Å²) < 4.78 is 39.9. The average Bonchev–Trinajstić information content (AvgIpc) is 3.29. The standard InChI is InChI=1S/C21H17F2N3O4S/c22-12-9-14(23)19-17(10-12)31-20(24-19)29-13-5-7-25(8-6-13)18(27)11-26-15-3-1-2-4-16(15)30-21(26)28/h1-4,9-10,13H,5-8,11H2. The predicted molar refractivity (Wildman–Crippen MR) is 110 cm³/mol. The van der Waals surface area contributed by atoms with Crippen molar-refractivity contribution in [2.45, 2.75) is 25.5 Å². The Bertz CT molecular complexity index is 1340. The maximum absolute atomic E-state index is 13.8. The fraction of sp³-hybridized carbons (Fsp3) is 0.286. The number of fused-ring (bicyclic) bond motifs is 2. The van der Waals surface area contributed by atoms with Gasteiger partial charge in [-0.15, -0.1) is 0 Å². The molecular formula is C21H17F2N3O4S. The van der Waals surface area contributed by atoms with Gasteiger partial charge in [-0.2, -0.15) is 4.98 Å². The maximum Gasteiger partial charge on any atom is 0.420 e. The van der Waals surface area contributed by atoms with Crippen molar-refractivity contribution in [3.8, 4) is 5.19 Å². The SMILES string of the molecule is O=C(Cn1c(=O)oc2ccccc21)N1CCC(Oc2nc3c(F)cc(F)cc3s2)CC1. The van der Waals surface area contributed by atoms with Gasteiger partial charge >= 0.3 is 5.76 Å². The van der Waals surface area contributed by atoms with Crippen molar-refractivity contribution in [2.75, 3.05) is 13.1 Å². The third-order valence-corrected chi connectivity index (χ3v) is 6.22. The number of piperidine rings is 1. The van der Waals surface area contributed by atoms with Gasteiger partial charge in [-0.05, 0) is 18.2 Å². The summed E-state index contributed by atoms with van der Waals surface area (Å²) in [5.41, 5.74) is 1.12. The molecule has 2 aromatic heterocycles. The Kier molecular flexibility index (Phi) is 4.93. The van der Waals surface area contributed by atoms with E-state index in [0.717, 1.165) is 17.4 Å². The molecule has 7 nitrogen and oxygen atoms in total. The molecule has 0 spiro atoms. The van der Waals surface area contributed by atoms with Gasteiger partial charge in [0, 0.05) is 32.0 Å². The monoisotopic (exact) mass is 445 g/mol. The van der Waals surface area contributed by atoms with Crippen LogP contribution < -0.4 is 10.5 Å². The Labute approximate surface area is 178 Å². The number of halogens is 2. The summed E-state index contributed by atoms with van der Waals surface area (Å²) >= 11 is 1.09. The van der Waals surface area contributed by atoms with E-state index in [9.17, 15) is 18.4 Å². The van der Waals surface area contributed by atoms with Crippen molar-refractivity contribution < 1.29 is 22.7 Å². The molecule has 160 valence electrons. The Morgan fingerprint density at radius 2 is 2.00 bits per heavy atom. The van der Waals surface area contributed by atoms with Crippen LogP contribution in [0.2, 0.25) is 0 Å². The van der Waals surface area contributed by atoms with Crippen LogP contribution in [0.4, 0.5) is 8.78 Å². The highest BCUT2D eigenvalue weighted by molar-refractivity contribution is 7.20. The van der Waals surface area contributed by atoms with E-state index in [4.69, 9.17) is 9.15 Å². The van der Waals surface area contributed by atoms with Crippen LogP contribution in [0.25, 0.3) is 21.3 Å². The van der Waals surface area contributed by atoms with Gasteiger partial charge in [0.1, 0.15) is 24.0 Å². The summed E-state index contributed by atoms with van der Waals surface area (Å²) in [5.74, 6) is -2.11. The number of nitrogens with zero attached hydrogens (tertiary/aromatic N) is 3. The topological polar surface area (TPSA) is 77.6 Å².